The number of fused-ring (bicyclic) bond motifs is 2. The van der Waals surface area contributed by atoms with Crippen LogP contribution >= 0.6 is 0 Å². The van der Waals surface area contributed by atoms with Crippen LogP contribution in [0.25, 0.3) is 16.6 Å². The van der Waals surface area contributed by atoms with Gasteiger partial charge in [-0.15, -0.1) is 14.8 Å². The van der Waals surface area contributed by atoms with Crippen LogP contribution in [-0.2, 0) is 0 Å². The third kappa shape index (κ3) is 1.98. The molecule has 0 N–H and O–H groups in total. The molecule has 7 nitrogen and oxygen atoms in total. The van der Waals surface area contributed by atoms with Crippen LogP contribution in [0.2, 0.25) is 0 Å². The van der Waals surface area contributed by atoms with Crippen molar-refractivity contribution in [3.05, 3.63) is 48.2 Å². The lowest BCUT2D eigenvalue weighted by atomic mass is 10.2. The molecule has 0 aliphatic rings. The zero-order chi connectivity index (χ0) is 15.1. The number of hydrogen-bond acceptors (Lipinski definition) is 6. The summed E-state index contributed by atoms with van der Waals surface area (Å²) in [5, 5.41) is 16.8. The maximum atomic E-state index is 5.93. The molecule has 1 atom stereocenters. The highest BCUT2D eigenvalue weighted by Crippen LogP contribution is 2.28. The van der Waals surface area contributed by atoms with E-state index in [9.17, 15) is 0 Å². The summed E-state index contributed by atoms with van der Waals surface area (Å²) in [6.07, 6.45) is 0. The van der Waals surface area contributed by atoms with Crippen LogP contribution in [0, 0.1) is 0 Å². The van der Waals surface area contributed by atoms with Gasteiger partial charge in [0.25, 0.3) is 0 Å². The van der Waals surface area contributed by atoms with Crippen molar-refractivity contribution in [1.82, 2.24) is 25.3 Å². The lowest BCUT2D eigenvalue weighted by molar-refractivity contribution is 0.499. The van der Waals surface area contributed by atoms with Crippen molar-refractivity contribution in [3.63, 3.8) is 0 Å². The standard InChI is InChI=1S/C15H14N6O/c1-10(13-9-11-5-3-4-6-12(11)22-13)20(2)15-8-7-14-16-18-19-21(14)17-15/h3-10H,1-2H3/t10-/m0/s1. The molecule has 0 saturated carbocycles. The van der Waals surface area contributed by atoms with E-state index >= 15 is 0 Å². The average Bonchev–Trinajstić information content (AvgIpc) is 3.18. The zero-order valence-corrected chi connectivity index (χ0v) is 12.2. The molecule has 4 aromatic rings. The summed E-state index contributed by atoms with van der Waals surface area (Å²) < 4.78 is 7.34. The van der Waals surface area contributed by atoms with Gasteiger partial charge >= 0.3 is 0 Å². The van der Waals surface area contributed by atoms with E-state index in [-0.39, 0.29) is 6.04 Å². The minimum absolute atomic E-state index is 0.0360. The summed E-state index contributed by atoms with van der Waals surface area (Å²) in [5.74, 6) is 1.66. The van der Waals surface area contributed by atoms with Crippen LogP contribution in [0.15, 0.2) is 46.9 Å². The lowest BCUT2D eigenvalue weighted by Gasteiger charge is -2.23. The van der Waals surface area contributed by atoms with Gasteiger partial charge in [-0.25, -0.2) is 0 Å². The smallest absolute Gasteiger partial charge is 0.200 e. The third-order valence-corrected chi connectivity index (χ3v) is 3.85. The molecule has 3 aromatic heterocycles. The average molecular weight is 294 g/mol. The summed E-state index contributed by atoms with van der Waals surface area (Å²) in [5.41, 5.74) is 1.51. The first-order valence-electron chi connectivity index (χ1n) is 6.99. The van der Waals surface area contributed by atoms with Crippen molar-refractivity contribution in [2.45, 2.75) is 13.0 Å². The van der Waals surface area contributed by atoms with Gasteiger partial charge in [0.1, 0.15) is 11.3 Å². The molecular weight excluding hydrogens is 280 g/mol. The monoisotopic (exact) mass is 294 g/mol. The van der Waals surface area contributed by atoms with Gasteiger partial charge in [-0.3, -0.25) is 0 Å². The Hall–Kier alpha value is -2.96. The van der Waals surface area contributed by atoms with Gasteiger partial charge in [0.2, 0.25) is 0 Å². The molecule has 1 aromatic carbocycles. The molecule has 0 aliphatic heterocycles. The van der Waals surface area contributed by atoms with E-state index in [0.717, 1.165) is 22.5 Å². The highest BCUT2D eigenvalue weighted by molar-refractivity contribution is 5.77. The Bertz CT molecular complexity index is 904. The molecule has 22 heavy (non-hydrogen) atoms. The predicted octanol–water partition coefficient (Wildman–Crippen LogP) is 2.46. The number of furan rings is 1. The fourth-order valence-electron chi connectivity index (χ4n) is 2.43. The zero-order valence-electron chi connectivity index (χ0n) is 12.2. The van der Waals surface area contributed by atoms with Crippen molar-refractivity contribution in [2.24, 2.45) is 0 Å². The van der Waals surface area contributed by atoms with Gasteiger partial charge in [0, 0.05) is 12.4 Å². The summed E-state index contributed by atoms with van der Waals surface area (Å²) in [4.78, 5) is 2.03. The minimum Gasteiger partial charge on any atom is -0.459 e. The first kappa shape index (κ1) is 12.8. The SMILES string of the molecule is C[C@@H](c1cc2ccccc2o1)N(C)c1ccc2nnnn2n1. The largest absolute Gasteiger partial charge is 0.459 e. The van der Waals surface area contributed by atoms with Crippen LogP contribution in [-0.4, -0.2) is 32.3 Å². The van der Waals surface area contributed by atoms with Crippen LogP contribution in [0.1, 0.15) is 18.7 Å². The van der Waals surface area contributed by atoms with Crippen LogP contribution in [0.5, 0.6) is 0 Å². The number of rotatable bonds is 3. The Morgan fingerprint density at radius 2 is 2.05 bits per heavy atom. The van der Waals surface area contributed by atoms with E-state index in [2.05, 4.69) is 33.6 Å². The van der Waals surface area contributed by atoms with Crippen molar-refractivity contribution < 1.29 is 4.42 Å². The maximum absolute atomic E-state index is 5.93. The Morgan fingerprint density at radius 3 is 2.91 bits per heavy atom. The van der Waals surface area contributed by atoms with Crippen molar-refractivity contribution in [1.29, 1.82) is 0 Å². The van der Waals surface area contributed by atoms with Gasteiger partial charge in [-0.05, 0) is 41.6 Å². The number of anilines is 1. The van der Waals surface area contributed by atoms with E-state index in [4.69, 9.17) is 4.42 Å². The number of hydrogen-bond donors (Lipinski definition) is 0. The number of tetrazole rings is 1. The van der Waals surface area contributed by atoms with Gasteiger partial charge < -0.3 is 9.32 Å². The second-order valence-electron chi connectivity index (χ2n) is 5.19. The fourth-order valence-corrected chi connectivity index (χ4v) is 2.43. The Morgan fingerprint density at radius 1 is 1.18 bits per heavy atom. The number of benzene rings is 1. The van der Waals surface area contributed by atoms with E-state index in [1.807, 2.05) is 48.3 Å². The molecule has 0 bridgehead atoms. The molecule has 0 fully saturated rings. The van der Waals surface area contributed by atoms with E-state index in [1.165, 1.54) is 4.63 Å². The molecule has 0 radical (unpaired) electrons. The molecule has 0 aliphatic carbocycles. The first-order chi connectivity index (χ1) is 10.7. The second kappa shape index (κ2) is 4.80. The number of nitrogens with zero attached hydrogens (tertiary/aromatic N) is 6. The van der Waals surface area contributed by atoms with E-state index < -0.39 is 0 Å². The summed E-state index contributed by atoms with van der Waals surface area (Å²) >= 11 is 0. The quantitative estimate of drug-likeness (QED) is 0.578. The third-order valence-electron chi connectivity index (χ3n) is 3.85. The molecule has 110 valence electrons. The van der Waals surface area contributed by atoms with Gasteiger partial charge in [-0.1, -0.05) is 18.2 Å². The van der Waals surface area contributed by atoms with Crippen LogP contribution in [0.3, 0.4) is 0 Å². The molecule has 4 rings (SSSR count). The predicted molar refractivity (Wildman–Crippen MR) is 81.6 cm³/mol. The summed E-state index contributed by atoms with van der Waals surface area (Å²) in [6.45, 7) is 2.07. The van der Waals surface area contributed by atoms with E-state index in [1.54, 1.807) is 0 Å². The molecule has 7 heteroatoms. The number of para-hydroxylation sites is 1. The minimum atomic E-state index is 0.0360. The molecule has 0 spiro atoms. The van der Waals surface area contributed by atoms with Crippen molar-refractivity contribution in [2.75, 3.05) is 11.9 Å². The van der Waals surface area contributed by atoms with Crippen molar-refractivity contribution >= 4 is 22.4 Å². The van der Waals surface area contributed by atoms with Gasteiger partial charge in [0.05, 0.1) is 6.04 Å². The van der Waals surface area contributed by atoms with Crippen LogP contribution < -0.4 is 4.90 Å². The van der Waals surface area contributed by atoms with E-state index in [0.29, 0.717) is 5.65 Å². The molecule has 0 saturated heterocycles. The number of aromatic nitrogens is 5. The summed E-state index contributed by atoms with van der Waals surface area (Å²) in [6, 6.07) is 13.8. The normalized spacial score (nSPS) is 12.8. The Kier molecular flexibility index (Phi) is 2.78. The first-order valence-corrected chi connectivity index (χ1v) is 6.99. The molecule has 3 heterocycles. The maximum Gasteiger partial charge on any atom is 0.200 e. The van der Waals surface area contributed by atoms with Crippen LogP contribution in [0.4, 0.5) is 5.82 Å². The fraction of sp³-hybridized carbons (Fsp3) is 0.200. The van der Waals surface area contributed by atoms with Gasteiger partial charge in [-0.2, -0.15) is 0 Å². The Labute approximate surface area is 126 Å². The van der Waals surface area contributed by atoms with Crippen molar-refractivity contribution in [3.8, 4) is 0 Å². The second-order valence-corrected chi connectivity index (χ2v) is 5.19. The van der Waals surface area contributed by atoms with Gasteiger partial charge in [0.15, 0.2) is 11.5 Å². The molecule has 0 amide bonds. The Balaban J connectivity index is 1.69. The highest BCUT2D eigenvalue weighted by Gasteiger charge is 2.18. The lowest BCUT2D eigenvalue weighted by Crippen LogP contribution is -2.23. The molecule has 0 unspecified atom stereocenters. The highest BCUT2D eigenvalue weighted by atomic mass is 16.3. The summed E-state index contributed by atoms with van der Waals surface area (Å²) in [7, 11) is 1.97. The topological polar surface area (TPSA) is 72.4 Å². The molecular formula is C15H14N6O.